The van der Waals surface area contributed by atoms with Crippen molar-refractivity contribution >= 4 is 21.0 Å². The van der Waals surface area contributed by atoms with Crippen LogP contribution >= 0.6 is 0 Å². The Kier molecular flexibility index (Phi) is 4.38. The highest BCUT2D eigenvalue weighted by Gasteiger charge is 2.15. The zero-order valence-corrected chi connectivity index (χ0v) is 15.5. The van der Waals surface area contributed by atoms with Gasteiger partial charge in [-0.1, -0.05) is 66.2 Å². The van der Waals surface area contributed by atoms with Gasteiger partial charge in [0.1, 0.15) is 5.58 Å². The zero-order chi connectivity index (χ0) is 18.9. The van der Waals surface area contributed by atoms with E-state index < -0.39 is 10.0 Å². The van der Waals surface area contributed by atoms with Gasteiger partial charge in [-0.15, -0.1) is 4.40 Å². The second-order valence-electron chi connectivity index (χ2n) is 6.25. The fourth-order valence-corrected chi connectivity index (χ4v) is 3.77. The van der Waals surface area contributed by atoms with E-state index in [4.69, 9.17) is 4.42 Å². The third-order valence-electron chi connectivity index (χ3n) is 4.26. The van der Waals surface area contributed by atoms with Gasteiger partial charge in [0, 0.05) is 10.9 Å². The van der Waals surface area contributed by atoms with Gasteiger partial charge in [0.15, 0.2) is 0 Å². The summed E-state index contributed by atoms with van der Waals surface area (Å²) in [5.74, 6) is 0. The molecular weight excluding hydrogens is 358 g/mol. The number of fused-ring (bicyclic) bond motifs is 1. The zero-order valence-electron chi connectivity index (χ0n) is 14.7. The van der Waals surface area contributed by atoms with Gasteiger partial charge in [-0.05, 0) is 36.8 Å². The van der Waals surface area contributed by atoms with Crippen LogP contribution in [0.1, 0.15) is 5.56 Å². The van der Waals surface area contributed by atoms with Crippen molar-refractivity contribution in [3.05, 3.63) is 96.0 Å². The van der Waals surface area contributed by atoms with Crippen molar-refractivity contribution in [2.75, 3.05) is 0 Å². The molecule has 1 aromatic heterocycles. The highest BCUT2D eigenvalue weighted by Crippen LogP contribution is 2.22. The van der Waals surface area contributed by atoms with Crippen LogP contribution < -0.4 is 5.55 Å². The molecule has 0 saturated carbocycles. The smallest absolute Gasteiger partial charge is 0.285 e. The molecule has 1 heterocycles. The molecule has 0 radical (unpaired) electrons. The molecule has 0 fully saturated rings. The standard InChI is InChI=1S/C22H17NO3S/c1-16-11-13-19(14-12-16)27(24,25)23-22-20(17-7-3-2-4-8-17)15-18-9-5-6-10-21(18)26-22/h2-15H,1H3/b23-22+. The van der Waals surface area contributed by atoms with E-state index in [-0.39, 0.29) is 10.4 Å². The van der Waals surface area contributed by atoms with E-state index in [0.29, 0.717) is 11.1 Å². The van der Waals surface area contributed by atoms with Crippen molar-refractivity contribution in [3.63, 3.8) is 0 Å². The Morgan fingerprint density at radius 1 is 0.815 bits per heavy atom. The van der Waals surface area contributed by atoms with Crippen LogP contribution in [0.4, 0.5) is 0 Å². The summed E-state index contributed by atoms with van der Waals surface area (Å²) < 4.78 is 35.5. The molecule has 0 aliphatic heterocycles. The minimum absolute atomic E-state index is 0.0699. The summed E-state index contributed by atoms with van der Waals surface area (Å²) in [5.41, 5.74) is 3.10. The summed E-state index contributed by atoms with van der Waals surface area (Å²) >= 11 is 0. The topological polar surface area (TPSA) is 59.6 Å². The quantitative estimate of drug-likeness (QED) is 0.521. The lowest BCUT2D eigenvalue weighted by Crippen LogP contribution is -2.11. The molecule has 0 bridgehead atoms. The number of nitrogens with zero attached hydrogens (tertiary/aromatic N) is 1. The van der Waals surface area contributed by atoms with E-state index in [1.807, 2.05) is 61.5 Å². The number of hydrogen-bond acceptors (Lipinski definition) is 3. The van der Waals surface area contributed by atoms with E-state index in [0.717, 1.165) is 16.5 Å². The van der Waals surface area contributed by atoms with Gasteiger partial charge in [-0.3, -0.25) is 0 Å². The number of hydrogen-bond donors (Lipinski definition) is 0. The first-order valence-corrected chi connectivity index (χ1v) is 9.93. The summed E-state index contributed by atoms with van der Waals surface area (Å²) in [6, 6.07) is 25.5. The molecule has 0 saturated heterocycles. The minimum Gasteiger partial charge on any atom is -0.437 e. The second-order valence-corrected chi connectivity index (χ2v) is 7.85. The van der Waals surface area contributed by atoms with E-state index in [9.17, 15) is 8.42 Å². The molecule has 4 nitrogen and oxygen atoms in total. The Morgan fingerprint density at radius 2 is 1.48 bits per heavy atom. The third-order valence-corrected chi connectivity index (χ3v) is 5.54. The molecule has 3 aromatic carbocycles. The van der Waals surface area contributed by atoms with Crippen LogP contribution in [0.5, 0.6) is 0 Å². The average Bonchev–Trinajstić information content (AvgIpc) is 2.68. The molecule has 0 unspecified atom stereocenters. The molecule has 0 atom stereocenters. The summed E-state index contributed by atoms with van der Waals surface area (Å²) in [4.78, 5) is 0.135. The Hall–Kier alpha value is -3.18. The van der Waals surface area contributed by atoms with E-state index in [1.165, 1.54) is 0 Å². The number of aryl methyl sites for hydroxylation is 1. The van der Waals surface area contributed by atoms with Crippen LogP contribution in [0.2, 0.25) is 0 Å². The average molecular weight is 375 g/mol. The minimum atomic E-state index is -3.90. The Morgan fingerprint density at radius 3 is 2.22 bits per heavy atom. The predicted molar refractivity (Wildman–Crippen MR) is 106 cm³/mol. The van der Waals surface area contributed by atoms with Crippen LogP contribution in [-0.2, 0) is 10.0 Å². The van der Waals surface area contributed by atoms with Crippen molar-refractivity contribution < 1.29 is 12.8 Å². The Labute approximate surface area is 157 Å². The molecule has 27 heavy (non-hydrogen) atoms. The van der Waals surface area contributed by atoms with Gasteiger partial charge in [-0.25, -0.2) is 0 Å². The highest BCUT2D eigenvalue weighted by atomic mass is 32.2. The molecular formula is C22H17NO3S. The van der Waals surface area contributed by atoms with Crippen LogP contribution in [0.25, 0.3) is 22.1 Å². The van der Waals surface area contributed by atoms with Gasteiger partial charge in [0.05, 0.1) is 4.90 Å². The third kappa shape index (κ3) is 3.55. The van der Waals surface area contributed by atoms with Gasteiger partial charge < -0.3 is 4.42 Å². The number of para-hydroxylation sites is 1. The monoisotopic (exact) mass is 375 g/mol. The van der Waals surface area contributed by atoms with E-state index in [1.54, 1.807) is 30.3 Å². The van der Waals surface area contributed by atoms with Crippen LogP contribution in [0.15, 0.2) is 98.6 Å². The van der Waals surface area contributed by atoms with Crippen molar-refractivity contribution in [1.29, 1.82) is 0 Å². The maximum Gasteiger partial charge on any atom is 0.285 e. The molecule has 4 rings (SSSR count). The van der Waals surface area contributed by atoms with Crippen molar-refractivity contribution in [1.82, 2.24) is 0 Å². The molecule has 0 N–H and O–H groups in total. The van der Waals surface area contributed by atoms with Gasteiger partial charge in [0.25, 0.3) is 10.0 Å². The lowest BCUT2D eigenvalue weighted by atomic mass is 10.1. The largest absolute Gasteiger partial charge is 0.437 e. The van der Waals surface area contributed by atoms with Gasteiger partial charge >= 0.3 is 0 Å². The second kappa shape index (κ2) is 6.85. The molecule has 0 amide bonds. The van der Waals surface area contributed by atoms with Gasteiger partial charge in [0.2, 0.25) is 5.55 Å². The maximum absolute atomic E-state index is 12.8. The van der Waals surface area contributed by atoms with Crippen molar-refractivity contribution in [2.45, 2.75) is 11.8 Å². The molecule has 0 spiro atoms. The van der Waals surface area contributed by atoms with E-state index in [2.05, 4.69) is 4.40 Å². The summed E-state index contributed by atoms with van der Waals surface area (Å²) in [6.07, 6.45) is 0. The fraction of sp³-hybridized carbons (Fsp3) is 0.0455. The van der Waals surface area contributed by atoms with Gasteiger partial charge in [-0.2, -0.15) is 8.42 Å². The van der Waals surface area contributed by atoms with Crippen molar-refractivity contribution in [3.8, 4) is 11.1 Å². The predicted octanol–water partition coefficient (Wildman–Crippen LogP) is 4.70. The van der Waals surface area contributed by atoms with Crippen LogP contribution in [0.3, 0.4) is 0 Å². The lowest BCUT2D eigenvalue weighted by Gasteiger charge is -2.05. The Bertz CT molecular complexity index is 1270. The number of benzene rings is 3. The molecule has 134 valence electrons. The highest BCUT2D eigenvalue weighted by molar-refractivity contribution is 7.90. The molecule has 4 aromatic rings. The van der Waals surface area contributed by atoms with Crippen molar-refractivity contribution in [2.24, 2.45) is 4.40 Å². The SMILES string of the molecule is Cc1ccc(S(=O)(=O)/N=c2/oc3ccccc3cc2-c2ccccc2)cc1. The fourth-order valence-electron chi connectivity index (χ4n) is 2.83. The molecule has 0 aliphatic rings. The van der Waals surface area contributed by atoms with Crippen LogP contribution in [0, 0.1) is 6.92 Å². The van der Waals surface area contributed by atoms with Crippen LogP contribution in [-0.4, -0.2) is 8.42 Å². The molecule has 5 heteroatoms. The number of rotatable bonds is 3. The summed E-state index contributed by atoms with van der Waals surface area (Å²) in [7, 11) is -3.90. The number of sulfonamides is 1. The first-order chi connectivity index (χ1) is 13.0. The lowest BCUT2D eigenvalue weighted by molar-refractivity contribution is 0.543. The first-order valence-electron chi connectivity index (χ1n) is 8.49. The summed E-state index contributed by atoms with van der Waals surface area (Å²) in [6.45, 7) is 1.90. The normalized spacial score (nSPS) is 12.4. The molecule has 0 aliphatic carbocycles. The summed E-state index contributed by atoms with van der Waals surface area (Å²) in [5, 5.41) is 0.878. The first kappa shape index (κ1) is 17.2. The Balaban J connectivity index is 1.99. The van der Waals surface area contributed by atoms with E-state index >= 15 is 0 Å². The maximum atomic E-state index is 12.8.